The van der Waals surface area contributed by atoms with Gasteiger partial charge in [-0.05, 0) is 18.6 Å². The molecule has 0 bridgehead atoms. The van der Waals surface area contributed by atoms with Gasteiger partial charge in [-0.1, -0.05) is 36.4 Å². The van der Waals surface area contributed by atoms with Gasteiger partial charge >= 0.3 is 23.9 Å². The van der Waals surface area contributed by atoms with Crippen LogP contribution in [0.4, 0.5) is 0 Å². The molecule has 0 amide bonds. The molecule has 6 atom stereocenters. The van der Waals surface area contributed by atoms with E-state index in [0.717, 1.165) is 26.3 Å². The number of benzene rings is 1. The molecule has 1 aliphatic rings. The van der Waals surface area contributed by atoms with Gasteiger partial charge in [0.2, 0.25) is 6.29 Å². The minimum absolute atomic E-state index is 0.273. The quantitative estimate of drug-likeness (QED) is 0.247. The molecular weight excluding hydrogens is 476 g/mol. The van der Waals surface area contributed by atoms with Crippen molar-refractivity contribution in [2.75, 3.05) is 13.2 Å². The second-order valence-electron chi connectivity index (χ2n) is 7.80. The van der Waals surface area contributed by atoms with Gasteiger partial charge in [0.1, 0.15) is 12.7 Å². The Labute approximate surface area is 209 Å². The van der Waals surface area contributed by atoms with Gasteiger partial charge in [0, 0.05) is 34.3 Å². The minimum Gasteiger partial charge on any atom is -0.463 e. The zero-order valence-electron chi connectivity index (χ0n) is 20.9. The first-order valence-corrected chi connectivity index (χ1v) is 11.4. The number of ether oxygens (including phenoxy) is 7. The summed E-state index contributed by atoms with van der Waals surface area (Å²) in [5.41, 5.74) is 0.882. The monoisotopic (exact) mass is 508 g/mol. The normalized spacial score (nSPS) is 24.5. The third-order valence-electron chi connectivity index (χ3n) is 4.79. The molecule has 11 nitrogen and oxygen atoms in total. The van der Waals surface area contributed by atoms with Gasteiger partial charge < -0.3 is 33.2 Å². The van der Waals surface area contributed by atoms with Crippen molar-refractivity contribution in [3.05, 3.63) is 42.0 Å². The molecule has 198 valence electrons. The van der Waals surface area contributed by atoms with Crippen LogP contribution in [0.1, 0.15) is 40.2 Å². The molecule has 0 spiro atoms. The largest absolute Gasteiger partial charge is 0.463 e. The van der Waals surface area contributed by atoms with Gasteiger partial charge in [-0.15, -0.1) is 0 Å². The Balaban J connectivity index is 2.41. The Morgan fingerprint density at radius 2 is 1.44 bits per heavy atom. The zero-order valence-corrected chi connectivity index (χ0v) is 20.9. The lowest BCUT2D eigenvalue weighted by Gasteiger charge is -2.44. The van der Waals surface area contributed by atoms with E-state index in [1.807, 2.05) is 30.3 Å². The molecule has 1 saturated heterocycles. The van der Waals surface area contributed by atoms with E-state index in [1.54, 1.807) is 19.1 Å². The Bertz CT molecular complexity index is 914. The molecule has 0 saturated carbocycles. The van der Waals surface area contributed by atoms with E-state index in [4.69, 9.17) is 33.2 Å². The van der Waals surface area contributed by atoms with Crippen LogP contribution in [0.25, 0.3) is 6.08 Å². The number of carbonyl (C=O) groups excluding carboxylic acids is 4. The van der Waals surface area contributed by atoms with E-state index in [9.17, 15) is 19.2 Å². The third-order valence-corrected chi connectivity index (χ3v) is 4.79. The van der Waals surface area contributed by atoms with Crippen molar-refractivity contribution in [3.63, 3.8) is 0 Å². The lowest BCUT2D eigenvalue weighted by molar-refractivity contribution is -0.332. The van der Waals surface area contributed by atoms with Crippen LogP contribution in [0.3, 0.4) is 0 Å². The summed E-state index contributed by atoms with van der Waals surface area (Å²) in [5, 5.41) is 0. The summed E-state index contributed by atoms with van der Waals surface area (Å²) >= 11 is 0. The molecule has 36 heavy (non-hydrogen) atoms. The van der Waals surface area contributed by atoms with Crippen molar-refractivity contribution in [2.45, 2.75) is 71.6 Å². The predicted molar refractivity (Wildman–Crippen MR) is 124 cm³/mol. The lowest BCUT2D eigenvalue weighted by atomic mass is 9.98. The van der Waals surface area contributed by atoms with Gasteiger partial charge in [-0.3, -0.25) is 19.2 Å². The Morgan fingerprint density at radius 1 is 0.861 bits per heavy atom. The number of esters is 4. The van der Waals surface area contributed by atoms with Crippen LogP contribution in [0.5, 0.6) is 0 Å². The first kappa shape index (κ1) is 29.0. The van der Waals surface area contributed by atoms with Crippen LogP contribution in [-0.2, 0) is 52.3 Å². The Morgan fingerprint density at radius 3 is 2.00 bits per heavy atom. The fraction of sp³-hybridized carbons (Fsp3) is 0.520. The standard InChI is InChI=1S/C25H32O11/c1-6-30-21(13-12-19-10-8-7-9-11-19)36-25-24(34-18(5)29)23(33-17(4)28)22(32-16(3)27)20(35-25)14-31-15(2)26/h7-13,20-25H,6,14H2,1-5H3/b13-12+/t20-,21+,22-,23+,24-,25-/m1/s1. The molecule has 1 aromatic rings. The van der Waals surface area contributed by atoms with E-state index in [0.29, 0.717) is 0 Å². The number of hydrogen-bond donors (Lipinski definition) is 0. The van der Waals surface area contributed by atoms with Crippen molar-refractivity contribution in [1.29, 1.82) is 0 Å². The third kappa shape index (κ3) is 9.40. The van der Waals surface area contributed by atoms with Crippen LogP contribution in [0.15, 0.2) is 36.4 Å². The van der Waals surface area contributed by atoms with Gasteiger partial charge in [-0.2, -0.15) is 0 Å². The molecule has 11 heteroatoms. The average molecular weight is 509 g/mol. The fourth-order valence-corrected chi connectivity index (χ4v) is 3.49. The SMILES string of the molecule is CCO[C@H](/C=C/c1ccccc1)O[C@H]1O[C@H](COC(C)=O)[C@@H](OC(C)=O)[C@H](OC(C)=O)[C@H]1OC(C)=O. The van der Waals surface area contributed by atoms with Gasteiger partial charge in [0.15, 0.2) is 24.6 Å². The smallest absolute Gasteiger partial charge is 0.303 e. The maximum absolute atomic E-state index is 11.9. The summed E-state index contributed by atoms with van der Waals surface area (Å²) < 4.78 is 38.8. The maximum atomic E-state index is 11.9. The summed E-state index contributed by atoms with van der Waals surface area (Å²) in [6.45, 7) is 6.33. The summed E-state index contributed by atoms with van der Waals surface area (Å²) in [6.07, 6.45) is -3.94. The summed E-state index contributed by atoms with van der Waals surface area (Å²) in [7, 11) is 0. The van der Waals surface area contributed by atoms with Crippen molar-refractivity contribution >= 4 is 30.0 Å². The van der Waals surface area contributed by atoms with E-state index in [1.165, 1.54) is 6.92 Å². The molecule has 1 aromatic carbocycles. The van der Waals surface area contributed by atoms with Crippen LogP contribution in [-0.4, -0.2) is 74.1 Å². The lowest BCUT2D eigenvalue weighted by Crippen LogP contribution is -2.63. The number of hydrogen-bond acceptors (Lipinski definition) is 11. The minimum atomic E-state index is -1.34. The molecule has 1 heterocycles. The highest BCUT2D eigenvalue weighted by molar-refractivity contribution is 5.68. The molecule has 0 unspecified atom stereocenters. The van der Waals surface area contributed by atoms with Crippen molar-refractivity contribution < 1.29 is 52.3 Å². The highest BCUT2D eigenvalue weighted by atomic mass is 16.8. The molecule has 0 radical (unpaired) electrons. The van der Waals surface area contributed by atoms with Crippen molar-refractivity contribution in [3.8, 4) is 0 Å². The molecule has 2 rings (SSSR count). The fourth-order valence-electron chi connectivity index (χ4n) is 3.49. The first-order chi connectivity index (χ1) is 17.1. The maximum Gasteiger partial charge on any atom is 0.303 e. The van der Waals surface area contributed by atoms with Crippen molar-refractivity contribution in [1.82, 2.24) is 0 Å². The molecule has 0 N–H and O–H groups in total. The predicted octanol–water partition coefficient (Wildman–Crippen LogP) is 2.16. The van der Waals surface area contributed by atoms with Crippen molar-refractivity contribution in [2.24, 2.45) is 0 Å². The zero-order chi connectivity index (χ0) is 26.7. The van der Waals surface area contributed by atoms with E-state index in [2.05, 4.69) is 0 Å². The summed E-state index contributed by atoms with van der Waals surface area (Å²) in [4.78, 5) is 47.1. The highest BCUT2D eigenvalue weighted by Crippen LogP contribution is 2.31. The van der Waals surface area contributed by atoms with Gasteiger partial charge in [-0.25, -0.2) is 0 Å². The number of rotatable bonds is 11. The van der Waals surface area contributed by atoms with E-state index < -0.39 is 60.9 Å². The molecule has 0 aliphatic carbocycles. The second-order valence-corrected chi connectivity index (χ2v) is 7.80. The molecular formula is C25H32O11. The van der Waals surface area contributed by atoms with Crippen LogP contribution < -0.4 is 0 Å². The van der Waals surface area contributed by atoms with E-state index in [-0.39, 0.29) is 13.2 Å². The molecule has 1 aliphatic heterocycles. The van der Waals surface area contributed by atoms with Crippen LogP contribution in [0, 0.1) is 0 Å². The van der Waals surface area contributed by atoms with Gasteiger partial charge in [0.05, 0.1) is 0 Å². The van der Waals surface area contributed by atoms with Gasteiger partial charge in [0.25, 0.3) is 0 Å². The average Bonchev–Trinajstić information content (AvgIpc) is 2.80. The summed E-state index contributed by atoms with van der Waals surface area (Å²) in [6, 6.07) is 9.39. The Hall–Kier alpha value is -3.28. The van der Waals surface area contributed by atoms with Crippen LogP contribution in [0.2, 0.25) is 0 Å². The highest BCUT2D eigenvalue weighted by Gasteiger charge is 2.53. The first-order valence-electron chi connectivity index (χ1n) is 11.4. The topological polar surface area (TPSA) is 133 Å². The van der Waals surface area contributed by atoms with E-state index >= 15 is 0 Å². The molecule has 0 aromatic heterocycles. The second kappa shape index (κ2) is 14.3. The van der Waals surface area contributed by atoms with Crippen LogP contribution >= 0.6 is 0 Å². The Kier molecular flexibility index (Phi) is 11.5. The number of carbonyl (C=O) groups is 4. The molecule has 1 fully saturated rings. The summed E-state index contributed by atoms with van der Waals surface area (Å²) in [5.74, 6) is -2.78.